The number of aryl methyl sites for hydroxylation is 2. The summed E-state index contributed by atoms with van der Waals surface area (Å²) >= 11 is 0.230. The molecule has 0 atom stereocenters. The number of rotatable bonds is 14. The normalized spacial score (nSPS) is 27.4. The molecule has 8 aliphatic carbocycles. The van der Waals surface area contributed by atoms with Crippen LogP contribution in [0, 0.1) is 49.4 Å². The first-order valence-electron chi connectivity index (χ1n) is 26.3. The van der Waals surface area contributed by atoms with E-state index < -0.39 is 0 Å². The van der Waals surface area contributed by atoms with Gasteiger partial charge in [0.05, 0.1) is 24.6 Å². The summed E-state index contributed by atoms with van der Waals surface area (Å²) in [6.45, 7) is 9.94. The number of pyridine rings is 1. The Hall–Kier alpha value is -3.89. The van der Waals surface area contributed by atoms with Crippen molar-refractivity contribution in [1.82, 2.24) is 4.98 Å². The molecule has 0 radical (unpaired) electrons. The molecule has 8 aliphatic rings. The molecule has 8 saturated carbocycles. The van der Waals surface area contributed by atoms with Crippen molar-refractivity contribution >= 4 is 0 Å². The third-order valence-corrected chi connectivity index (χ3v) is 17.1. The molecule has 67 heavy (non-hydrogen) atoms. The van der Waals surface area contributed by atoms with Crippen LogP contribution in [0.4, 0.5) is 0 Å². The predicted molar refractivity (Wildman–Crippen MR) is 267 cm³/mol. The van der Waals surface area contributed by atoms with Crippen molar-refractivity contribution in [2.45, 2.75) is 151 Å². The van der Waals surface area contributed by atoms with E-state index in [0.717, 1.165) is 178 Å². The van der Waals surface area contributed by atoms with Crippen molar-refractivity contribution in [2.75, 3.05) is 13.2 Å². The zero-order valence-corrected chi connectivity index (χ0v) is 43.7. The third kappa shape index (κ3) is 9.21. The van der Waals surface area contributed by atoms with Crippen molar-refractivity contribution in [3.63, 3.8) is 0 Å². The number of hydrogen-bond donors (Lipinski definition) is 0. The Labute approximate surface area is 413 Å². The van der Waals surface area contributed by atoms with Crippen molar-refractivity contribution < 1.29 is 42.9 Å². The SMILES string of the molecule is CCCCOc1ccc(-c2cccc(-c3ccc(OCCCC)cc3-c3cc(C)cc(C45CC6CC(CC(C6)C4)C5)c3[O-])n2)c(-c2cc(C)cc(C34CC5CC(CC(C5)C3)C4)c2[O-])c1.[CH3][Zr+2][CH3]. The third-order valence-electron chi connectivity index (χ3n) is 17.1. The van der Waals surface area contributed by atoms with E-state index in [-0.39, 0.29) is 45.6 Å². The molecule has 1 heterocycles. The topological polar surface area (TPSA) is 77.5 Å². The summed E-state index contributed by atoms with van der Waals surface area (Å²) in [5.41, 5.74) is 11.0. The summed E-state index contributed by atoms with van der Waals surface area (Å²) in [7, 11) is 0. The summed E-state index contributed by atoms with van der Waals surface area (Å²) in [5.74, 6) is 6.38. The summed E-state index contributed by atoms with van der Waals surface area (Å²) in [6, 6.07) is 27.4. The average Bonchev–Trinajstić information content (AvgIpc) is 3.30. The Morgan fingerprint density at radius 1 is 0.507 bits per heavy atom. The molecule has 13 rings (SSSR count). The van der Waals surface area contributed by atoms with Crippen molar-refractivity contribution in [3.8, 4) is 67.8 Å². The molecule has 0 spiro atoms. The van der Waals surface area contributed by atoms with E-state index in [2.05, 4.69) is 104 Å². The van der Waals surface area contributed by atoms with Gasteiger partial charge in [-0.25, -0.2) is 4.98 Å². The minimum absolute atomic E-state index is 0.0191. The van der Waals surface area contributed by atoms with E-state index in [0.29, 0.717) is 13.2 Å². The molecule has 4 aromatic carbocycles. The Bertz CT molecular complexity index is 2350. The fraction of sp³-hybridized carbons (Fsp3) is 0.525. The molecule has 8 bridgehead atoms. The molecule has 0 unspecified atom stereocenters. The van der Waals surface area contributed by atoms with Crippen LogP contribution in [-0.2, 0) is 34.1 Å². The molecule has 0 aliphatic heterocycles. The van der Waals surface area contributed by atoms with Crippen LogP contribution in [-0.4, -0.2) is 18.2 Å². The van der Waals surface area contributed by atoms with Gasteiger partial charge in [0.15, 0.2) is 0 Å². The van der Waals surface area contributed by atoms with Gasteiger partial charge in [0.1, 0.15) is 11.5 Å². The zero-order chi connectivity index (χ0) is 46.5. The van der Waals surface area contributed by atoms with Gasteiger partial charge in [-0.15, -0.1) is 0 Å². The second-order valence-electron chi connectivity index (χ2n) is 22.5. The first-order chi connectivity index (χ1) is 32.5. The van der Waals surface area contributed by atoms with Gasteiger partial charge >= 0.3 is 32.5 Å². The monoisotopic (exact) mass is 973 g/mol. The first-order valence-corrected chi connectivity index (χ1v) is 31.2. The van der Waals surface area contributed by atoms with Crippen LogP contribution in [0.2, 0.25) is 9.26 Å². The first kappa shape index (κ1) is 46.8. The molecule has 0 N–H and O–H groups in total. The Morgan fingerprint density at radius 3 is 1.21 bits per heavy atom. The molecule has 5 nitrogen and oxygen atoms in total. The quantitative estimate of drug-likeness (QED) is 0.104. The van der Waals surface area contributed by atoms with Crippen LogP contribution < -0.4 is 19.7 Å². The Kier molecular flexibility index (Phi) is 13.6. The van der Waals surface area contributed by atoms with Crippen LogP contribution in [0.25, 0.3) is 44.8 Å². The van der Waals surface area contributed by atoms with Crippen molar-refractivity contribution in [1.29, 1.82) is 0 Å². The van der Waals surface area contributed by atoms with E-state index in [9.17, 15) is 0 Å². The second kappa shape index (κ2) is 19.5. The van der Waals surface area contributed by atoms with E-state index in [1.165, 1.54) is 38.5 Å². The summed E-state index contributed by atoms with van der Waals surface area (Å²) < 4.78 is 17.3. The summed E-state index contributed by atoms with van der Waals surface area (Å²) in [6.07, 6.45) is 19.0. The predicted octanol–water partition coefficient (Wildman–Crippen LogP) is 15.0. The zero-order valence-electron chi connectivity index (χ0n) is 41.3. The fourth-order valence-corrected chi connectivity index (χ4v) is 15.1. The second-order valence-corrected chi connectivity index (χ2v) is 25.0. The van der Waals surface area contributed by atoms with Gasteiger partial charge < -0.3 is 19.7 Å². The van der Waals surface area contributed by atoms with Crippen LogP contribution in [0.5, 0.6) is 23.0 Å². The molecular formula is C61H73NO4Zr. The van der Waals surface area contributed by atoms with Crippen molar-refractivity contribution in [2.24, 2.45) is 35.5 Å². The number of unbranched alkanes of at least 4 members (excludes halogenated alkanes) is 2. The number of ether oxygens (including phenoxy) is 2. The van der Waals surface area contributed by atoms with E-state index in [4.69, 9.17) is 14.5 Å². The number of benzene rings is 4. The molecule has 1 aromatic heterocycles. The average molecular weight is 975 g/mol. The van der Waals surface area contributed by atoms with E-state index >= 15 is 10.2 Å². The molecule has 6 heteroatoms. The molecular weight excluding hydrogens is 902 g/mol. The Balaban J connectivity index is 0.00000171. The van der Waals surface area contributed by atoms with Gasteiger partial charge in [0, 0.05) is 11.1 Å². The molecule has 8 fully saturated rings. The van der Waals surface area contributed by atoms with Gasteiger partial charge in [-0.3, -0.25) is 0 Å². The molecule has 0 amide bonds. The van der Waals surface area contributed by atoms with Crippen LogP contribution in [0.15, 0.2) is 78.9 Å². The standard InChI is InChI=1S/C59H69NO4.2CH3.Zr/c1-5-7-16-63-44-12-14-46(48(28-44)50-18-36(3)20-52(56(50)61)58-30-38-22-39(31-58)24-40(23-38)32-58)54-10-9-11-55(60-54)47-15-13-45(64-17-8-6-2)29-49(47)51-19-37(4)21-53(57(51)62)59-33-41-25-42(34-59)27-43(26-41)35-59;;;/h9-15,18-21,28-29,38-43,61-62H,5-8,16-17,22-27,30-35H2,1-4H3;2*1H3;/q;;;+2/p-2. The summed E-state index contributed by atoms with van der Waals surface area (Å²) in [5, 5.41) is 30.4. The molecule has 350 valence electrons. The fourth-order valence-electron chi connectivity index (χ4n) is 15.1. The molecule has 5 aromatic rings. The minimum atomic E-state index is -0.0191. The maximum atomic E-state index is 15.2. The van der Waals surface area contributed by atoms with Gasteiger partial charge in [0.25, 0.3) is 0 Å². The van der Waals surface area contributed by atoms with E-state index in [1.54, 1.807) is 0 Å². The van der Waals surface area contributed by atoms with Gasteiger partial charge in [-0.1, -0.05) is 79.6 Å². The maximum absolute atomic E-state index is 15.2. The number of nitrogens with zero attached hydrogens (tertiary/aromatic N) is 1. The number of hydrogen-bond acceptors (Lipinski definition) is 5. The van der Waals surface area contributed by atoms with Gasteiger partial charge in [-0.05, 0) is 232 Å². The summed E-state index contributed by atoms with van der Waals surface area (Å²) in [4.78, 5) is 5.47. The van der Waals surface area contributed by atoms with Gasteiger partial charge in [-0.2, -0.15) is 0 Å². The van der Waals surface area contributed by atoms with Crippen LogP contribution in [0.3, 0.4) is 0 Å². The van der Waals surface area contributed by atoms with Crippen LogP contribution in [0.1, 0.15) is 139 Å². The van der Waals surface area contributed by atoms with Crippen molar-refractivity contribution in [3.05, 3.63) is 101 Å². The Morgan fingerprint density at radius 2 is 0.866 bits per heavy atom. The van der Waals surface area contributed by atoms with E-state index in [1.807, 2.05) is 12.1 Å². The number of aromatic nitrogens is 1. The molecule has 0 saturated heterocycles. The van der Waals surface area contributed by atoms with Crippen LogP contribution >= 0.6 is 0 Å². The van der Waals surface area contributed by atoms with Gasteiger partial charge in [0.2, 0.25) is 0 Å².